The van der Waals surface area contributed by atoms with Gasteiger partial charge in [-0.15, -0.1) is 0 Å². The van der Waals surface area contributed by atoms with Crippen LogP contribution < -0.4 is 10.1 Å². The summed E-state index contributed by atoms with van der Waals surface area (Å²) in [7, 11) is -3.66. The van der Waals surface area contributed by atoms with Crippen LogP contribution in [0.3, 0.4) is 0 Å². The molecular weight excluding hydrogens is 442 g/mol. The van der Waals surface area contributed by atoms with E-state index in [1.807, 2.05) is 6.07 Å². The highest BCUT2D eigenvalue weighted by molar-refractivity contribution is 7.90. The Balaban J connectivity index is 1.42. The molecule has 7 nitrogen and oxygen atoms in total. The van der Waals surface area contributed by atoms with E-state index in [9.17, 15) is 18.0 Å². The van der Waals surface area contributed by atoms with Gasteiger partial charge in [0.05, 0.1) is 16.9 Å². The molecule has 0 saturated heterocycles. The van der Waals surface area contributed by atoms with Crippen molar-refractivity contribution in [2.24, 2.45) is 0 Å². The second-order valence-electron chi connectivity index (χ2n) is 7.08. The van der Waals surface area contributed by atoms with Crippen LogP contribution in [0.4, 0.5) is 5.69 Å². The quantitative estimate of drug-likeness (QED) is 0.315. The monoisotopic (exact) mass is 461 g/mol. The maximum Gasteiger partial charge on any atom is 0.379 e. The Morgan fingerprint density at radius 3 is 2.12 bits per heavy atom. The molecule has 1 aromatic heterocycles. The molecule has 0 bridgehead atoms. The molecule has 166 valence electrons. The second-order valence-corrected chi connectivity index (χ2v) is 9.07. The molecule has 0 aliphatic rings. The number of sulfone groups is 1. The van der Waals surface area contributed by atoms with Crippen LogP contribution in [0.15, 0.2) is 107 Å². The highest BCUT2D eigenvalue weighted by Gasteiger charge is 2.23. The molecule has 1 N–H and O–H groups in total. The van der Waals surface area contributed by atoms with Gasteiger partial charge in [0, 0.05) is 16.8 Å². The number of ether oxygens (including phenoxy) is 1. The van der Waals surface area contributed by atoms with Gasteiger partial charge < -0.3 is 14.5 Å². The summed E-state index contributed by atoms with van der Waals surface area (Å²) < 4.78 is 35.8. The minimum absolute atomic E-state index is 0.152. The maximum absolute atomic E-state index is 12.6. The third kappa shape index (κ3) is 5.36. The van der Waals surface area contributed by atoms with Crippen LogP contribution in [0.25, 0.3) is 0 Å². The first-order valence-corrected chi connectivity index (χ1v) is 11.6. The summed E-state index contributed by atoms with van der Waals surface area (Å²) >= 11 is 0. The van der Waals surface area contributed by atoms with Crippen molar-refractivity contribution >= 4 is 27.4 Å². The Hall–Kier alpha value is -4.17. The van der Waals surface area contributed by atoms with Gasteiger partial charge in [-0.1, -0.05) is 36.4 Å². The molecule has 1 heterocycles. The number of amides is 1. The van der Waals surface area contributed by atoms with Gasteiger partial charge in [0.2, 0.25) is 5.76 Å². The van der Waals surface area contributed by atoms with E-state index in [4.69, 9.17) is 9.15 Å². The first-order valence-electron chi connectivity index (χ1n) is 9.95. The van der Waals surface area contributed by atoms with Crippen molar-refractivity contribution in [2.45, 2.75) is 10.6 Å². The fourth-order valence-electron chi connectivity index (χ4n) is 3.10. The molecule has 33 heavy (non-hydrogen) atoms. The molecule has 0 atom stereocenters. The van der Waals surface area contributed by atoms with Crippen molar-refractivity contribution in [3.8, 4) is 5.75 Å². The number of benzene rings is 3. The first kappa shape index (κ1) is 22.0. The molecule has 3 aromatic carbocycles. The molecule has 0 fully saturated rings. The zero-order valence-electron chi connectivity index (χ0n) is 17.3. The molecule has 1 amide bonds. The number of hydrogen-bond acceptors (Lipinski definition) is 6. The van der Waals surface area contributed by atoms with Gasteiger partial charge in [0.15, 0.2) is 9.84 Å². The van der Waals surface area contributed by atoms with E-state index in [0.29, 0.717) is 11.3 Å². The summed E-state index contributed by atoms with van der Waals surface area (Å²) in [5.41, 5.74) is 1.25. The van der Waals surface area contributed by atoms with E-state index in [0.717, 1.165) is 0 Å². The number of anilines is 1. The van der Waals surface area contributed by atoms with Crippen LogP contribution in [0.5, 0.6) is 5.75 Å². The number of rotatable bonds is 7. The lowest BCUT2D eigenvalue weighted by Crippen LogP contribution is -2.13. The van der Waals surface area contributed by atoms with Crippen molar-refractivity contribution in [1.29, 1.82) is 0 Å². The highest BCUT2D eigenvalue weighted by atomic mass is 32.2. The number of esters is 1. The van der Waals surface area contributed by atoms with Crippen LogP contribution in [0.2, 0.25) is 0 Å². The van der Waals surface area contributed by atoms with Gasteiger partial charge in [-0.05, 0) is 54.6 Å². The minimum Gasteiger partial charge on any atom is -0.457 e. The fourth-order valence-corrected chi connectivity index (χ4v) is 4.47. The topological polar surface area (TPSA) is 103 Å². The smallest absolute Gasteiger partial charge is 0.379 e. The number of carbonyl (C=O) groups excluding carboxylic acids is 2. The van der Waals surface area contributed by atoms with Crippen LogP contribution >= 0.6 is 0 Å². The Labute approximate surface area is 190 Å². The van der Waals surface area contributed by atoms with Gasteiger partial charge in [-0.25, -0.2) is 13.2 Å². The lowest BCUT2D eigenvalue weighted by molar-refractivity contribution is 0.0700. The standard InChI is InChI=1S/C25H19NO6S/c27-24(18-7-3-1-4-8-18)26-20-11-13-21(14-12-20)32-25(28)23-19(15-16-31-23)17-33(29,30)22-9-5-2-6-10-22/h1-16H,17H2,(H,26,27). The Morgan fingerprint density at radius 1 is 0.818 bits per heavy atom. The predicted octanol–water partition coefficient (Wildman–Crippen LogP) is 4.73. The average molecular weight is 461 g/mol. The Bertz CT molecular complexity index is 1360. The molecule has 8 heteroatoms. The van der Waals surface area contributed by atoms with Gasteiger partial charge in [0.25, 0.3) is 5.91 Å². The largest absolute Gasteiger partial charge is 0.457 e. The molecule has 0 aliphatic heterocycles. The summed E-state index contributed by atoms with van der Waals surface area (Å²) in [5.74, 6) is -1.45. The van der Waals surface area contributed by atoms with E-state index in [1.165, 1.54) is 36.6 Å². The molecule has 0 spiro atoms. The second kappa shape index (κ2) is 9.54. The third-order valence-corrected chi connectivity index (χ3v) is 6.42. The molecule has 0 saturated carbocycles. The van der Waals surface area contributed by atoms with Crippen molar-refractivity contribution in [3.05, 3.63) is 114 Å². The lowest BCUT2D eigenvalue weighted by atomic mass is 10.2. The summed E-state index contributed by atoms with van der Waals surface area (Å²) in [5, 5.41) is 2.75. The Morgan fingerprint density at radius 2 is 1.45 bits per heavy atom. The minimum atomic E-state index is -3.66. The molecule has 0 radical (unpaired) electrons. The maximum atomic E-state index is 12.6. The molecular formula is C25H19NO6S. The molecule has 4 aromatic rings. The molecule has 4 rings (SSSR count). The summed E-state index contributed by atoms with van der Waals surface area (Å²) in [6.45, 7) is 0. The van der Waals surface area contributed by atoms with Crippen molar-refractivity contribution in [1.82, 2.24) is 0 Å². The van der Waals surface area contributed by atoms with Crippen LogP contribution in [-0.4, -0.2) is 20.3 Å². The summed E-state index contributed by atoms with van der Waals surface area (Å²) in [6, 6.07) is 24.4. The highest BCUT2D eigenvalue weighted by Crippen LogP contribution is 2.22. The van der Waals surface area contributed by atoms with Crippen molar-refractivity contribution < 1.29 is 27.2 Å². The van der Waals surface area contributed by atoms with Gasteiger partial charge in [-0.3, -0.25) is 4.79 Å². The van der Waals surface area contributed by atoms with E-state index < -0.39 is 21.6 Å². The number of carbonyl (C=O) groups is 2. The number of nitrogens with one attached hydrogen (secondary N) is 1. The van der Waals surface area contributed by atoms with Gasteiger partial charge in [0.1, 0.15) is 5.75 Å². The summed E-state index contributed by atoms with van der Waals surface area (Å²) in [4.78, 5) is 25.0. The predicted molar refractivity (Wildman–Crippen MR) is 122 cm³/mol. The van der Waals surface area contributed by atoms with Gasteiger partial charge in [-0.2, -0.15) is 0 Å². The first-order chi connectivity index (χ1) is 15.9. The number of hydrogen-bond donors (Lipinski definition) is 1. The third-order valence-electron chi connectivity index (χ3n) is 4.74. The zero-order valence-corrected chi connectivity index (χ0v) is 18.1. The fraction of sp³-hybridized carbons (Fsp3) is 0.0400. The Kier molecular flexibility index (Phi) is 6.37. The van der Waals surface area contributed by atoms with Crippen molar-refractivity contribution in [2.75, 3.05) is 5.32 Å². The van der Waals surface area contributed by atoms with E-state index in [1.54, 1.807) is 54.6 Å². The molecule has 0 unspecified atom stereocenters. The normalized spacial score (nSPS) is 11.0. The van der Waals surface area contributed by atoms with E-state index in [2.05, 4.69) is 5.32 Å². The van der Waals surface area contributed by atoms with Gasteiger partial charge >= 0.3 is 5.97 Å². The van der Waals surface area contributed by atoms with Crippen LogP contribution in [0.1, 0.15) is 26.5 Å². The van der Waals surface area contributed by atoms with Crippen LogP contribution in [-0.2, 0) is 15.6 Å². The molecule has 0 aliphatic carbocycles. The lowest BCUT2D eigenvalue weighted by Gasteiger charge is -2.08. The summed E-state index contributed by atoms with van der Waals surface area (Å²) in [6.07, 6.45) is 1.24. The van der Waals surface area contributed by atoms with E-state index in [-0.39, 0.29) is 27.9 Å². The van der Waals surface area contributed by atoms with Crippen LogP contribution in [0, 0.1) is 0 Å². The van der Waals surface area contributed by atoms with E-state index >= 15 is 0 Å². The SMILES string of the molecule is O=C(Nc1ccc(OC(=O)c2occc2CS(=O)(=O)c2ccccc2)cc1)c1ccccc1. The number of furan rings is 1. The zero-order chi connectivity index (χ0) is 23.3. The average Bonchev–Trinajstić information content (AvgIpc) is 3.29. The van der Waals surface area contributed by atoms with Crippen molar-refractivity contribution in [3.63, 3.8) is 0 Å².